The number of carbonyl (C=O) groups is 1. The third-order valence-corrected chi connectivity index (χ3v) is 1.03. The molecule has 0 saturated heterocycles. The van der Waals surface area contributed by atoms with Crippen LogP contribution in [0.1, 0.15) is 6.92 Å². The minimum absolute atomic E-state index is 0.0782. The van der Waals surface area contributed by atoms with Crippen molar-refractivity contribution in [3.05, 3.63) is 24.3 Å². The van der Waals surface area contributed by atoms with E-state index < -0.39 is 5.97 Å². The van der Waals surface area contributed by atoms with Gasteiger partial charge in [-0.1, -0.05) is 18.7 Å². The molecule has 0 aromatic carbocycles. The van der Waals surface area contributed by atoms with Crippen LogP contribution in [0.4, 0.5) is 0 Å². The number of carboxylic acid groups (broad SMARTS) is 1. The Hall–Kier alpha value is -1.09. The average molecular weight is 156 g/mol. The highest BCUT2D eigenvalue weighted by Crippen LogP contribution is 1.90. The molecule has 0 atom stereocenters. The summed E-state index contributed by atoms with van der Waals surface area (Å²) in [4.78, 5) is 10.2. The first kappa shape index (κ1) is 9.91. The number of aliphatic carboxylic acids is 1. The molecule has 1 N–H and O–H groups in total. The Morgan fingerprint density at radius 1 is 1.73 bits per heavy atom. The quantitative estimate of drug-likeness (QED) is 0.370. The van der Waals surface area contributed by atoms with Gasteiger partial charge in [-0.2, -0.15) is 0 Å². The first-order valence-corrected chi connectivity index (χ1v) is 3.28. The lowest BCUT2D eigenvalue weighted by molar-refractivity contribution is -0.133. The number of hydrogen-bond donors (Lipinski definition) is 1. The Balaban J connectivity index is 3.39. The predicted octanol–water partition coefficient (Wildman–Crippen LogP) is 1.22. The fraction of sp³-hybridized carbons (Fsp3) is 0.375. The van der Waals surface area contributed by atoms with Crippen molar-refractivity contribution in [1.82, 2.24) is 0 Å². The molecule has 0 aliphatic heterocycles. The van der Waals surface area contributed by atoms with Gasteiger partial charge in [-0.05, 0) is 6.92 Å². The Labute approximate surface area is 66.0 Å². The highest BCUT2D eigenvalue weighted by molar-refractivity contribution is 5.85. The van der Waals surface area contributed by atoms with Gasteiger partial charge >= 0.3 is 5.97 Å². The van der Waals surface area contributed by atoms with Crippen LogP contribution in [0.3, 0.4) is 0 Å². The fourth-order valence-corrected chi connectivity index (χ4v) is 0.408. The minimum atomic E-state index is -1.01. The van der Waals surface area contributed by atoms with Crippen molar-refractivity contribution in [2.24, 2.45) is 0 Å². The Morgan fingerprint density at radius 2 is 2.36 bits per heavy atom. The topological polar surface area (TPSA) is 46.5 Å². The maximum atomic E-state index is 10.2. The summed E-state index contributed by atoms with van der Waals surface area (Å²) < 4.78 is 4.93. The largest absolute Gasteiger partial charge is 0.478 e. The van der Waals surface area contributed by atoms with Crippen LogP contribution in [0.2, 0.25) is 0 Å². The second-order valence-corrected chi connectivity index (χ2v) is 1.99. The first-order chi connectivity index (χ1) is 5.18. The lowest BCUT2D eigenvalue weighted by Gasteiger charge is -1.98. The van der Waals surface area contributed by atoms with E-state index in [0.29, 0.717) is 6.61 Å². The van der Waals surface area contributed by atoms with Crippen LogP contribution in [0.25, 0.3) is 0 Å². The van der Waals surface area contributed by atoms with Gasteiger partial charge < -0.3 is 9.84 Å². The van der Waals surface area contributed by atoms with Crippen LogP contribution in [0.5, 0.6) is 0 Å². The zero-order chi connectivity index (χ0) is 8.69. The number of rotatable bonds is 5. The van der Waals surface area contributed by atoms with Crippen molar-refractivity contribution in [2.75, 3.05) is 13.2 Å². The van der Waals surface area contributed by atoms with Crippen LogP contribution in [-0.2, 0) is 9.53 Å². The van der Waals surface area contributed by atoms with Gasteiger partial charge in [0, 0.05) is 0 Å². The van der Waals surface area contributed by atoms with Crippen LogP contribution in [0, 0.1) is 0 Å². The van der Waals surface area contributed by atoms with Crippen LogP contribution in [-0.4, -0.2) is 24.3 Å². The summed E-state index contributed by atoms with van der Waals surface area (Å²) in [6.45, 7) is 5.69. The molecule has 0 aromatic heterocycles. The van der Waals surface area contributed by atoms with E-state index in [1.807, 2.05) is 13.0 Å². The second-order valence-electron chi connectivity index (χ2n) is 1.99. The van der Waals surface area contributed by atoms with Gasteiger partial charge in [0.05, 0.1) is 18.8 Å². The highest BCUT2D eigenvalue weighted by Gasteiger charge is 2.01. The van der Waals surface area contributed by atoms with Gasteiger partial charge in [-0.15, -0.1) is 0 Å². The molecule has 0 aromatic rings. The number of carboxylic acids is 1. The molecule has 0 fully saturated rings. The van der Waals surface area contributed by atoms with Crippen molar-refractivity contribution in [3.63, 3.8) is 0 Å². The standard InChI is InChI=1S/C8H12O3/c1-3-4-5-11-6-7(2)8(9)10/h3-4H,2,5-6H2,1H3,(H,9,10). The summed E-state index contributed by atoms with van der Waals surface area (Å²) in [6.07, 6.45) is 3.64. The lowest BCUT2D eigenvalue weighted by atomic mass is 10.3. The molecule has 0 rings (SSSR count). The van der Waals surface area contributed by atoms with Gasteiger partial charge in [0.15, 0.2) is 0 Å². The number of allylic oxidation sites excluding steroid dienone is 1. The summed E-state index contributed by atoms with van der Waals surface area (Å²) in [6, 6.07) is 0. The summed E-state index contributed by atoms with van der Waals surface area (Å²) in [5.74, 6) is -1.01. The van der Waals surface area contributed by atoms with E-state index in [4.69, 9.17) is 9.84 Å². The van der Waals surface area contributed by atoms with Crippen LogP contribution >= 0.6 is 0 Å². The molecule has 0 radical (unpaired) electrons. The van der Waals surface area contributed by atoms with Crippen LogP contribution < -0.4 is 0 Å². The molecule has 0 bridgehead atoms. The molecule has 0 heterocycles. The molecule has 0 aliphatic rings. The molecule has 0 saturated carbocycles. The summed E-state index contributed by atoms with van der Waals surface area (Å²) in [5, 5.41) is 8.34. The first-order valence-electron chi connectivity index (χ1n) is 3.28. The molecule has 0 spiro atoms. The molecule has 0 aliphatic carbocycles. The monoisotopic (exact) mass is 156 g/mol. The molecular weight excluding hydrogens is 144 g/mol. The summed E-state index contributed by atoms with van der Waals surface area (Å²) in [5.41, 5.74) is 0.0782. The number of hydrogen-bond acceptors (Lipinski definition) is 2. The van der Waals surface area contributed by atoms with Gasteiger partial charge in [0.1, 0.15) is 0 Å². The van der Waals surface area contributed by atoms with Gasteiger partial charge in [-0.3, -0.25) is 0 Å². The Morgan fingerprint density at radius 3 is 2.82 bits per heavy atom. The van der Waals surface area contributed by atoms with Crippen molar-refractivity contribution >= 4 is 5.97 Å². The van der Waals surface area contributed by atoms with Crippen molar-refractivity contribution in [1.29, 1.82) is 0 Å². The Kier molecular flexibility index (Phi) is 5.11. The van der Waals surface area contributed by atoms with Crippen LogP contribution in [0.15, 0.2) is 24.3 Å². The third kappa shape index (κ3) is 5.36. The zero-order valence-corrected chi connectivity index (χ0v) is 6.54. The minimum Gasteiger partial charge on any atom is -0.478 e. The number of ether oxygens (including phenoxy) is 1. The SMILES string of the molecule is C=C(COCC=CC)C(=O)O. The summed E-state index contributed by atoms with van der Waals surface area (Å²) in [7, 11) is 0. The van der Waals surface area contributed by atoms with Gasteiger partial charge in [0.25, 0.3) is 0 Å². The maximum absolute atomic E-state index is 10.2. The van der Waals surface area contributed by atoms with E-state index in [9.17, 15) is 4.79 Å². The van der Waals surface area contributed by atoms with Gasteiger partial charge in [-0.25, -0.2) is 4.79 Å². The van der Waals surface area contributed by atoms with E-state index in [2.05, 4.69) is 6.58 Å². The van der Waals surface area contributed by atoms with Crippen molar-refractivity contribution < 1.29 is 14.6 Å². The maximum Gasteiger partial charge on any atom is 0.333 e. The average Bonchev–Trinajstić information content (AvgIpc) is 1.97. The third-order valence-electron chi connectivity index (χ3n) is 1.03. The zero-order valence-electron chi connectivity index (χ0n) is 6.54. The second kappa shape index (κ2) is 5.68. The molecule has 0 amide bonds. The smallest absolute Gasteiger partial charge is 0.333 e. The predicted molar refractivity (Wildman–Crippen MR) is 42.4 cm³/mol. The van der Waals surface area contributed by atoms with Crippen molar-refractivity contribution in [2.45, 2.75) is 6.92 Å². The van der Waals surface area contributed by atoms with E-state index >= 15 is 0 Å². The molecule has 3 nitrogen and oxygen atoms in total. The molecular formula is C8H12O3. The lowest BCUT2D eigenvalue weighted by Crippen LogP contribution is -2.06. The summed E-state index contributed by atoms with van der Waals surface area (Å²) >= 11 is 0. The van der Waals surface area contributed by atoms with Gasteiger partial charge in [0.2, 0.25) is 0 Å². The normalized spacial score (nSPS) is 10.3. The molecule has 11 heavy (non-hydrogen) atoms. The molecule has 0 unspecified atom stereocenters. The van der Waals surface area contributed by atoms with E-state index in [-0.39, 0.29) is 12.2 Å². The molecule has 3 heteroatoms. The highest BCUT2D eigenvalue weighted by atomic mass is 16.5. The fourth-order valence-electron chi connectivity index (χ4n) is 0.408. The van der Waals surface area contributed by atoms with E-state index in [1.165, 1.54) is 0 Å². The van der Waals surface area contributed by atoms with E-state index in [1.54, 1.807) is 6.08 Å². The molecule has 62 valence electrons. The van der Waals surface area contributed by atoms with Crippen molar-refractivity contribution in [3.8, 4) is 0 Å². The van der Waals surface area contributed by atoms with E-state index in [0.717, 1.165) is 0 Å². The Bertz CT molecular complexity index is 170.